The molecule has 2 fully saturated rings. The van der Waals surface area contributed by atoms with Gasteiger partial charge in [-0.15, -0.1) is 0 Å². The van der Waals surface area contributed by atoms with Crippen molar-refractivity contribution in [2.75, 3.05) is 12.4 Å². The SMILES string of the molecule is COc1cc(NC(=O)C2(NC(=O)c3ccc4c(C5CCCC5)c(-c5cnccn5)n(C)c4c3)CCC2)ccc1/C=C/C(=O)O. The largest absolute Gasteiger partial charge is 0.496 e. The molecule has 0 aliphatic heterocycles. The van der Waals surface area contributed by atoms with Crippen LogP contribution in [0, 0.1) is 0 Å². The molecule has 0 saturated heterocycles. The molecule has 2 amide bonds. The molecule has 44 heavy (non-hydrogen) atoms. The van der Waals surface area contributed by atoms with E-state index in [1.807, 2.05) is 25.2 Å². The van der Waals surface area contributed by atoms with E-state index < -0.39 is 11.5 Å². The number of nitrogens with zero attached hydrogens (tertiary/aromatic N) is 3. The van der Waals surface area contributed by atoms with Crippen LogP contribution in [0.15, 0.2) is 61.1 Å². The van der Waals surface area contributed by atoms with E-state index >= 15 is 0 Å². The van der Waals surface area contributed by atoms with Gasteiger partial charge in [-0.1, -0.05) is 18.9 Å². The molecule has 2 aromatic carbocycles. The number of amides is 2. The molecular weight excluding hydrogens is 558 g/mol. The molecule has 0 atom stereocenters. The Morgan fingerprint density at radius 2 is 1.86 bits per heavy atom. The lowest BCUT2D eigenvalue weighted by Gasteiger charge is -2.40. The third kappa shape index (κ3) is 5.43. The van der Waals surface area contributed by atoms with E-state index in [1.54, 1.807) is 36.8 Å². The molecule has 0 unspecified atom stereocenters. The molecule has 2 aliphatic rings. The summed E-state index contributed by atoms with van der Waals surface area (Å²) in [5.74, 6) is -0.836. The van der Waals surface area contributed by atoms with E-state index in [0.717, 1.165) is 47.6 Å². The summed E-state index contributed by atoms with van der Waals surface area (Å²) >= 11 is 0. The minimum atomic E-state index is -1.07. The molecule has 2 heterocycles. The summed E-state index contributed by atoms with van der Waals surface area (Å²) in [5, 5.41) is 16.0. The molecule has 10 nitrogen and oxygen atoms in total. The van der Waals surface area contributed by atoms with Gasteiger partial charge >= 0.3 is 5.97 Å². The van der Waals surface area contributed by atoms with E-state index in [0.29, 0.717) is 41.3 Å². The highest BCUT2D eigenvalue weighted by atomic mass is 16.5. The Kier molecular flexibility index (Phi) is 7.90. The van der Waals surface area contributed by atoms with Crippen LogP contribution in [0.25, 0.3) is 28.4 Å². The summed E-state index contributed by atoms with van der Waals surface area (Å²) < 4.78 is 7.50. The number of carbonyl (C=O) groups excluding carboxylic acids is 2. The zero-order valence-electron chi connectivity index (χ0n) is 24.8. The number of hydrogen-bond acceptors (Lipinski definition) is 6. The van der Waals surface area contributed by atoms with E-state index in [2.05, 4.69) is 25.2 Å². The van der Waals surface area contributed by atoms with Gasteiger partial charge in [0.25, 0.3) is 5.91 Å². The van der Waals surface area contributed by atoms with E-state index in [1.165, 1.54) is 31.6 Å². The van der Waals surface area contributed by atoms with Crippen molar-refractivity contribution in [2.45, 2.75) is 56.4 Å². The number of anilines is 1. The molecule has 4 aromatic rings. The fraction of sp³-hybridized carbons (Fsp3) is 0.324. The van der Waals surface area contributed by atoms with Crippen molar-refractivity contribution in [1.82, 2.24) is 19.9 Å². The lowest BCUT2D eigenvalue weighted by Crippen LogP contribution is -2.61. The van der Waals surface area contributed by atoms with Crippen molar-refractivity contribution in [3.8, 4) is 17.1 Å². The van der Waals surface area contributed by atoms with Gasteiger partial charge in [0.1, 0.15) is 17.0 Å². The third-order valence-corrected chi connectivity index (χ3v) is 8.96. The first kappa shape index (κ1) is 29.1. The van der Waals surface area contributed by atoms with Gasteiger partial charge in [0.05, 0.1) is 19.0 Å². The fourth-order valence-corrected chi connectivity index (χ4v) is 6.53. The second-order valence-electron chi connectivity index (χ2n) is 11.6. The van der Waals surface area contributed by atoms with E-state index in [-0.39, 0.29) is 11.8 Å². The standard InChI is InChI=1S/C34H35N5O5/c1-39-27-18-23(9-12-25(27)30(22-6-3-4-7-22)31(39)26-20-35-16-17-36-26)32(42)38-34(14-5-15-34)33(43)37-24-11-8-21(10-13-29(40)41)28(19-24)44-2/h8-13,16-20,22H,3-7,14-15H2,1-2H3,(H,37,43)(H,38,42)(H,40,41)/b13-10+. The molecule has 2 saturated carbocycles. The number of hydrogen-bond donors (Lipinski definition) is 3. The summed E-state index contributed by atoms with van der Waals surface area (Å²) in [4.78, 5) is 47.0. The van der Waals surface area contributed by atoms with Crippen LogP contribution in [0.3, 0.4) is 0 Å². The average Bonchev–Trinajstić information content (AvgIpc) is 3.64. The lowest BCUT2D eigenvalue weighted by atomic mass is 9.75. The van der Waals surface area contributed by atoms with Crippen molar-refractivity contribution in [1.29, 1.82) is 0 Å². The molecule has 2 aromatic heterocycles. The molecule has 226 valence electrons. The number of rotatable bonds is 9. The molecule has 2 aliphatic carbocycles. The fourth-order valence-electron chi connectivity index (χ4n) is 6.53. The normalized spacial score (nSPS) is 16.1. The van der Waals surface area contributed by atoms with Crippen LogP contribution in [-0.2, 0) is 16.6 Å². The average molecular weight is 594 g/mol. The van der Waals surface area contributed by atoms with Crippen LogP contribution in [-0.4, -0.2) is 50.1 Å². The van der Waals surface area contributed by atoms with Crippen LogP contribution < -0.4 is 15.4 Å². The van der Waals surface area contributed by atoms with Gasteiger partial charge in [0.2, 0.25) is 5.91 Å². The topological polar surface area (TPSA) is 135 Å². The zero-order chi connectivity index (χ0) is 30.8. The van der Waals surface area contributed by atoms with E-state index in [4.69, 9.17) is 9.84 Å². The van der Waals surface area contributed by atoms with Crippen LogP contribution in [0.1, 0.15) is 72.3 Å². The van der Waals surface area contributed by atoms with Gasteiger partial charge in [0.15, 0.2) is 0 Å². The summed E-state index contributed by atoms with van der Waals surface area (Å²) in [6.45, 7) is 0. The maximum absolute atomic E-state index is 13.7. The second kappa shape index (κ2) is 11.9. The quantitative estimate of drug-likeness (QED) is 0.212. The zero-order valence-corrected chi connectivity index (χ0v) is 24.8. The predicted molar refractivity (Wildman–Crippen MR) is 167 cm³/mol. The van der Waals surface area contributed by atoms with Gasteiger partial charge in [-0.05, 0) is 73.9 Å². The molecule has 0 spiro atoms. The number of aliphatic carboxylic acids is 1. The number of carboxylic acid groups (broad SMARTS) is 1. The summed E-state index contributed by atoms with van der Waals surface area (Å²) in [6, 6.07) is 10.8. The van der Waals surface area contributed by atoms with Gasteiger partial charge in [-0.2, -0.15) is 0 Å². The predicted octanol–water partition coefficient (Wildman–Crippen LogP) is 5.69. The first-order chi connectivity index (χ1) is 21.3. The van der Waals surface area contributed by atoms with Crippen LogP contribution >= 0.6 is 0 Å². The molecule has 6 rings (SSSR count). The van der Waals surface area contributed by atoms with Crippen LogP contribution in [0.5, 0.6) is 5.75 Å². The number of nitrogens with one attached hydrogen (secondary N) is 2. The summed E-state index contributed by atoms with van der Waals surface area (Å²) in [5.41, 5.74) is 4.56. The lowest BCUT2D eigenvalue weighted by molar-refractivity contribution is -0.131. The maximum Gasteiger partial charge on any atom is 0.328 e. The summed E-state index contributed by atoms with van der Waals surface area (Å²) in [6.07, 6.45) is 14.1. The Morgan fingerprint density at radius 3 is 2.52 bits per heavy atom. The van der Waals surface area contributed by atoms with Gasteiger partial charge < -0.3 is 25.0 Å². The number of aryl methyl sites for hydroxylation is 1. The number of benzene rings is 2. The highest BCUT2D eigenvalue weighted by Crippen LogP contribution is 2.44. The van der Waals surface area contributed by atoms with Gasteiger partial charge in [0, 0.05) is 59.3 Å². The summed E-state index contributed by atoms with van der Waals surface area (Å²) in [7, 11) is 3.48. The molecule has 3 N–H and O–H groups in total. The van der Waals surface area contributed by atoms with Crippen molar-refractivity contribution in [3.63, 3.8) is 0 Å². The number of ether oxygens (including phenoxy) is 1. The van der Waals surface area contributed by atoms with Crippen molar-refractivity contribution < 1.29 is 24.2 Å². The van der Waals surface area contributed by atoms with Crippen molar-refractivity contribution in [3.05, 3.63) is 77.8 Å². The number of carbonyl (C=O) groups is 3. The Labute approximate surface area is 255 Å². The Morgan fingerprint density at radius 1 is 1.07 bits per heavy atom. The van der Waals surface area contributed by atoms with Gasteiger partial charge in [-0.25, -0.2) is 4.79 Å². The molecule has 0 bridgehead atoms. The first-order valence-electron chi connectivity index (χ1n) is 14.9. The molecule has 0 radical (unpaired) electrons. The maximum atomic E-state index is 13.7. The minimum Gasteiger partial charge on any atom is -0.496 e. The molecule has 10 heteroatoms. The first-order valence-corrected chi connectivity index (χ1v) is 14.9. The number of carboxylic acids is 1. The third-order valence-electron chi connectivity index (χ3n) is 8.96. The highest BCUT2D eigenvalue weighted by molar-refractivity contribution is 6.06. The number of fused-ring (bicyclic) bond motifs is 1. The van der Waals surface area contributed by atoms with Crippen molar-refractivity contribution >= 4 is 40.4 Å². The van der Waals surface area contributed by atoms with E-state index in [9.17, 15) is 14.4 Å². The monoisotopic (exact) mass is 593 g/mol. The Balaban J connectivity index is 1.26. The number of aromatic nitrogens is 3. The van der Waals surface area contributed by atoms with Crippen LogP contribution in [0.4, 0.5) is 5.69 Å². The molecular formula is C34H35N5O5. The van der Waals surface area contributed by atoms with Gasteiger partial charge in [-0.3, -0.25) is 19.6 Å². The Bertz CT molecular complexity index is 1770. The second-order valence-corrected chi connectivity index (χ2v) is 11.6. The number of methoxy groups -OCH3 is 1. The highest BCUT2D eigenvalue weighted by Gasteiger charge is 2.45. The minimum absolute atomic E-state index is 0.304. The van der Waals surface area contributed by atoms with Crippen LogP contribution in [0.2, 0.25) is 0 Å². The van der Waals surface area contributed by atoms with Crippen molar-refractivity contribution in [2.24, 2.45) is 7.05 Å². The smallest absolute Gasteiger partial charge is 0.328 e. The Hall–Kier alpha value is -4.99.